The molecule has 1 saturated carbocycles. The van der Waals surface area contributed by atoms with E-state index in [1.165, 1.54) is 18.9 Å². The lowest BCUT2D eigenvalue weighted by atomic mass is 10.1. The Balaban J connectivity index is 1.68. The van der Waals surface area contributed by atoms with Crippen LogP contribution in [0.5, 0.6) is 11.6 Å². The van der Waals surface area contributed by atoms with Gasteiger partial charge in [-0.1, -0.05) is 48.5 Å². The lowest BCUT2D eigenvalue weighted by molar-refractivity contribution is 0.0992. The van der Waals surface area contributed by atoms with Crippen molar-refractivity contribution in [2.24, 2.45) is 13.0 Å². The highest BCUT2D eigenvalue weighted by Gasteiger charge is 2.28. The van der Waals surface area contributed by atoms with Gasteiger partial charge in [-0.15, -0.1) is 6.58 Å². The summed E-state index contributed by atoms with van der Waals surface area (Å²) in [6.07, 6.45) is 5.30. The van der Waals surface area contributed by atoms with Crippen molar-refractivity contribution in [3.8, 4) is 22.9 Å². The van der Waals surface area contributed by atoms with Crippen LogP contribution in [0.25, 0.3) is 11.3 Å². The number of aliphatic hydroxyl groups excluding tert-OH is 1. The smallest absolute Gasteiger partial charge is 0.222 e. The summed E-state index contributed by atoms with van der Waals surface area (Å²) in [7, 11) is 1.82. The molecule has 0 spiro atoms. The Morgan fingerprint density at radius 1 is 1.21 bits per heavy atom. The highest BCUT2D eigenvalue weighted by Crippen LogP contribution is 2.36. The largest absolute Gasteiger partial charge is 0.436 e. The van der Waals surface area contributed by atoms with E-state index in [0.717, 1.165) is 29.8 Å². The van der Waals surface area contributed by atoms with Crippen LogP contribution in [0, 0.1) is 11.7 Å². The number of aliphatic hydroxyl groups is 1. The van der Waals surface area contributed by atoms with Crippen LogP contribution in [0.4, 0.5) is 4.39 Å². The van der Waals surface area contributed by atoms with Crippen LogP contribution in [0.2, 0.25) is 0 Å². The Bertz CT molecular complexity index is 1060. The van der Waals surface area contributed by atoms with Gasteiger partial charge in [0.15, 0.2) is 11.6 Å². The fourth-order valence-corrected chi connectivity index (χ4v) is 4.07. The van der Waals surface area contributed by atoms with Gasteiger partial charge in [0, 0.05) is 32.2 Å². The molecule has 1 aromatic heterocycles. The summed E-state index contributed by atoms with van der Waals surface area (Å²) in [6.45, 7) is 5.79. The van der Waals surface area contributed by atoms with Crippen molar-refractivity contribution in [3.05, 3.63) is 78.6 Å². The third-order valence-corrected chi connectivity index (χ3v) is 5.95. The van der Waals surface area contributed by atoms with Gasteiger partial charge in [0.1, 0.15) is 5.69 Å². The first kappa shape index (κ1) is 23.2. The normalized spacial score (nSPS) is 14.4. The molecule has 6 heteroatoms. The second-order valence-corrected chi connectivity index (χ2v) is 8.81. The molecular formula is C27H32FN3O2. The van der Waals surface area contributed by atoms with Crippen molar-refractivity contribution < 1.29 is 14.2 Å². The van der Waals surface area contributed by atoms with Gasteiger partial charge < -0.3 is 9.84 Å². The van der Waals surface area contributed by atoms with Gasteiger partial charge >= 0.3 is 0 Å². The second-order valence-electron chi connectivity index (χ2n) is 8.81. The number of hydrogen-bond acceptors (Lipinski definition) is 4. The van der Waals surface area contributed by atoms with Crippen LogP contribution < -0.4 is 4.74 Å². The van der Waals surface area contributed by atoms with Crippen LogP contribution in [0.3, 0.4) is 0 Å². The highest BCUT2D eigenvalue weighted by atomic mass is 19.1. The molecule has 0 radical (unpaired) electrons. The van der Waals surface area contributed by atoms with Gasteiger partial charge in [-0.05, 0) is 43.7 Å². The third kappa shape index (κ3) is 6.09. The van der Waals surface area contributed by atoms with E-state index in [9.17, 15) is 9.50 Å². The van der Waals surface area contributed by atoms with Gasteiger partial charge in [0.25, 0.3) is 0 Å². The van der Waals surface area contributed by atoms with E-state index in [1.54, 1.807) is 22.9 Å². The number of benzene rings is 2. The average molecular weight is 450 g/mol. The number of aryl methyl sites for hydroxylation is 1. The Morgan fingerprint density at radius 3 is 2.64 bits per heavy atom. The highest BCUT2D eigenvalue weighted by molar-refractivity contribution is 5.65. The molecule has 0 amide bonds. The molecule has 2 aromatic carbocycles. The summed E-state index contributed by atoms with van der Waals surface area (Å²) in [6, 6.07) is 16.4. The maximum absolute atomic E-state index is 14.4. The number of para-hydroxylation sites is 1. The van der Waals surface area contributed by atoms with E-state index < -0.39 is 11.9 Å². The van der Waals surface area contributed by atoms with Crippen molar-refractivity contribution in [1.82, 2.24) is 14.7 Å². The van der Waals surface area contributed by atoms with Crippen molar-refractivity contribution in [2.45, 2.75) is 38.3 Å². The first-order chi connectivity index (χ1) is 16.0. The fraction of sp³-hybridized carbons (Fsp3) is 0.370. The quantitative estimate of drug-likeness (QED) is 0.368. The van der Waals surface area contributed by atoms with Gasteiger partial charge in [0.05, 0.1) is 11.7 Å². The molecule has 3 aromatic rings. The van der Waals surface area contributed by atoms with E-state index >= 15 is 0 Å². The van der Waals surface area contributed by atoms with E-state index in [4.69, 9.17) is 9.84 Å². The van der Waals surface area contributed by atoms with Crippen molar-refractivity contribution >= 4 is 0 Å². The predicted molar refractivity (Wildman–Crippen MR) is 129 cm³/mol. The zero-order chi connectivity index (χ0) is 23.2. The number of hydrogen-bond donors (Lipinski definition) is 1. The topological polar surface area (TPSA) is 50.5 Å². The average Bonchev–Trinajstić information content (AvgIpc) is 3.58. The zero-order valence-corrected chi connectivity index (χ0v) is 19.2. The van der Waals surface area contributed by atoms with Gasteiger partial charge in [-0.2, -0.15) is 5.10 Å². The summed E-state index contributed by atoms with van der Waals surface area (Å²) in [5, 5.41) is 15.4. The SMILES string of the molecule is C=CCC[C@H](O)CN(Cc1c(-c2ccccc2)nn(C)c1Oc1ccccc1F)CC1CC1. The number of halogens is 1. The van der Waals surface area contributed by atoms with Gasteiger partial charge in [-0.25, -0.2) is 9.07 Å². The maximum Gasteiger partial charge on any atom is 0.222 e. The number of ether oxygens (including phenoxy) is 1. The summed E-state index contributed by atoms with van der Waals surface area (Å²) in [5.74, 6) is 0.923. The van der Waals surface area contributed by atoms with E-state index in [2.05, 4.69) is 11.5 Å². The van der Waals surface area contributed by atoms with Crippen LogP contribution >= 0.6 is 0 Å². The maximum atomic E-state index is 14.4. The molecule has 1 heterocycles. The molecule has 1 atom stereocenters. The molecule has 1 aliphatic rings. The molecule has 0 aliphatic heterocycles. The summed E-state index contributed by atoms with van der Waals surface area (Å²) in [5.41, 5.74) is 2.68. The third-order valence-electron chi connectivity index (χ3n) is 5.95. The van der Waals surface area contributed by atoms with Crippen LogP contribution in [-0.4, -0.2) is 39.0 Å². The lowest BCUT2D eigenvalue weighted by Gasteiger charge is -2.25. The summed E-state index contributed by atoms with van der Waals surface area (Å²) < 4.78 is 22.2. The monoisotopic (exact) mass is 449 g/mol. The molecule has 174 valence electrons. The standard InChI is InChI=1S/C27H32FN3O2/c1-3-4-12-22(32)18-31(17-20-15-16-20)19-23-26(21-10-6-5-7-11-21)29-30(2)27(23)33-25-14-9-8-13-24(25)28/h3,5-11,13-14,20,22,32H,1,4,12,15-19H2,2H3/t22-/m0/s1. The van der Waals surface area contributed by atoms with E-state index in [-0.39, 0.29) is 5.75 Å². The van der Waals surface area contributed by atoms with Gasteiger partial charge in [0.2, 0.25) is 5.88 Å². The van der Waals surface area contributed by atoms with Crippen LogP contribution in [0.15, 0.2) is 67.3 Å². The molecule has 33 heavy (non-hydrogen) atoms. The fourth-order valence-electron chi connectivity index (χ4n) is 4.07. The predicted octanol–water partition coefficient (Wildman–Crippen LogP) is 5.56. The molecule has 1 N–H and O–H groups in total. The van der Waals surface area contributed by atoms with Gasteiger partial charge in [-0.3, -0.25) is 4.90 Å². The van der Waals surface area contributed by atoms with Crippen molar-refractivity contribution in [2.75, 3.05) is 13.1 Å². The lowest BCUT2D eigenvalue weighted by Crippen LogP contribution is -2.33. The van der Waals surface area contributed by atoms with Crippen LogP contribution in [-0.2, 0) is 13.6 Å². The van der Waals surface area contributed by atoms with E-state index in [0.29, 0.717) is 31.3 Å². The van der Waals surface area contributed by atoms with Crippen molar-refractivity contribution in [3.63, 3.8) is 0 Å². The first-order valence-electron chi connectivity index (χ1n) is 11.6. The minimum Gasteiger partial charge on any atom is -0.436 e. The molecule has 5 nitrogen and oxygen atoms in total. The number of nitrogens with zero attached hydrogens (tertiary/aromatic N) is 3. The Labute approximate surface area is 195 Å². The molecule has 0 saturated heterocycles. The molecule has 1 aliphatic carbocycles. The second kappa shape index (κ2) is 10.8. The number of allylic oxidation sites excluding steroid dienone is 1. The van der Waals surface area contributed by atoms with Crippen molar-refractivity contribution in [1.29, 1.82) is 0 Å². The molecule has 4 rings (SSSR count). The molecule has 1 fully saturated rings. The minimum atomic E-state index is -0.436. The van der Waals surface area contributed by atoms with Crippen LogP contribution in [0.1, 0.15) is 31.2 Å². The number of rotatable bonds is 12. The minimum absolute atomic E-state index is 0.168. The molecular weight excluding hydrogens is 417 g/mol. The summed E-state index contributed by atoms with van der Waals surface area (Å²) >= 11 is 0. The Kier molecular flexibility index (Phi) is 7.57. The summed E-state index contributed by atoms with van der Waals surface area (Å²) in [4.78, 5) is 2.28. The molecule has 0 unspecified atom stereocenters. The van der Waals surface area contributed by atoms with E-state index in [1.807, 2.05) is 43.5 Å². The Morgan fingerprint density at radius 2 is 1.94 bits per heavy atom. The number of aromatic nitrogens is 2. The first-order valence-corrected chi connectivity index (χ1v) is 11.6. The zero-order valence-electron chi connectivity index (χ0n) is 19.2. The Hall–Kier alpha value is -2.96. The molecule has 0 bridgehead atoms.